The van der Waals surface area contributed by atoms with Crippen molar-refractivity contribution >= 4 is 17.6 Å². The second-order valence-corrected chi connectivity index (χ2v) is 6.49. The Kier molecular flexibility index (Phi) is 8.03. The van der Waals surface area contributed by atoms with E-state index in [4.69, 9.17) is 0 Å². The Morgan fingerprint density at radius 1 is 0.964 bits per heavy atom. The van der Waals surface area contributed by atoms with Gasteiger partial charge in [-0.2, -0.15) is 0 Å². The zero-order chi connectivity index (χ0) is 20.4. The van der Waals surface area contributed by atoms with Crippen LogP contribution in [0.2, 0.25) is 0 Å². The van der Waals surface area contributed by atoms with Crippen LogP contribution >= 0.6 is 0 Å². The fourth-order valence-corrected chi connectivity index (χ4v) is 2.76. The highest BCUT2D eigenvalue weighted by molar-refractivity contribution is 5.92. The monoisotopic (exact) mass is 377 g/mol. The van der Waals surface area contributed by atoms with Crippen molar-refractivity contribution in [3.8, 4) is 0 Å². The van der Waals surface area contributed by atoms with Crippen molar-refractivity contribution in [2.24, 2.45) is 0 Å². The summed E-state index contributed by atoms with van der Waals surface area (Å²) in [5, 5.41) is 5.59. The maximum absolute atomic E-state index is 12.7. The van der Waals surface area contributed by atoms with Crippen LogP contribution < -0.4 is 15.5 Å². The van der Waals surface area contributed by atoms with E-state index in [1.807, 2.05) is 49.4 Å². The van der Waals surface area contributed by atoms with Crippen LogP contribution in [0.5, 0.6) is 0 Å². The molecule has 0 saturated heterocycles. The third-order valence-corrected chi connectivity index (χ3v) is 4.12. The first-order valence-corrected chi connectivity index (χ1v) is 9.22. The first-order valence-electron chi connectivity index (χ1n) is 9.22. The number of carbonyl (C=O) groups excluding carboxylic acids is 2. The third-order valence-electron chi connectivity index (χ3n) is 4.12. The minimum atomic E-state index is -0.196. The smallest absolute Gasteiger partial charge is 0.322 e. The van der Waals surface area contributed by atoms with E-state index in [0.717, 1.165) is 22.4 Å². The first kappa shape index (κ1) is 21.0. The number of hydrogen-bond donors (Lipinski definition) is 2. The van der Waals surface area contributed by atoms with Crippen LogP contribution in [0.1, 0.15) is 16.7 Å². The molecule has 0 atom stereocenters. The highest BCUT2D eigenvalue weighted by atomic mass is 16.2. The second-order valence-electron chi connectivity index (χ2n) is 6.49. The van der Waals surface area contributed by atoms with Crippen LogP contribution in [0.3, 0.4) is 0 Å². The number of aryl methyl sites for hydroxylation is 1. The van der Waals surface area contributed by atoms with Gasteiger partial charge in [0.2, 0.25) is 5.91 Å². The lowest BCUT2D eigenvalue weighted by Gasteiger charge is -2.23. The third kappa shape index (κ3) is 6.43. The quantitative estimate of drug-likeness (QED) is 0.654. The summed E-state index contributed by atoms with van der Waals surface area (Å²) >= 11 is 0. The van der Waals surface area contributed by atoms with Crippen molar-refractivity contribution in [1.82, 2.24) is 10.6 Å². The molecule has 2 aromatic rings. The van der Waals surface area contributed by atoms with Crippen molar-refractivity contribution in [2.75, 3.05) is 18.0 Å². The van der Waals surface area contributed by atoms with Gasteiger partial charge in [0, 0.05) is 18.8 Å². The van der Waals surface area contributed by atoms with Gasteiger partial charge in [-0.3, -0.25) is 9.69 Å². The van der Waals surface area contributed by atoms with E-state index in [2.05, 4.69) is 29.9 Å². The normalized spacial score (nSPS) is 10.0. The highest BCUT2D eigenvalue weighted by Crippen LogP contribution is 2.19. The van der Waals surface area contributed by atoms with Gasteiger partial charge in [-0.1, -0.05) is 54.1 Å². The number of anilines is 1. The minimum Gasteiger partial charge on any atom is -0.352 e. The van der Waals surface area contributed by atoms with Crippen molar-refractivity contribution in [3.63, 3.8) is 0 Å². The standard InChI is InChI=1S/C23H27N3O2/c1-4-13-24-22(27)16-19-9-11-21(12-10-19)26(23(28)25-14-5-2)17-20-8-6-7-18(3)15-20/h4-12,15H,1-2,13-14,16-17H2,3H3,(H,24,27)(H,25,28). The number of hydrogen-bond acceptors (Lipinski definition) is 2. The summed E-state index contributed by atoms with van der Waals surface area (Å²) in [6.45, 7) is 10.5. The fraction of sp³-hybridized carbons (Fsp3) is 0.217. The summed E-state index contributed by atoms with van der Waals surface area (Å²) in [5.41, 5.74) is 3.83. The van der Waals surface area contributed by atoms with Crippen LogP contribution in [-0.2, 0) is 17.8 Å². The number of nitrogens with one attached hydrogen (secondary N) is 2. The maximum Gasteiger partial charge on any atom is 0.322 e. The molecule has 5 nitrogen and oxygen atoms in total. The first-order chi connectivity index (χ1) is 13.5. The van der Waals surface area contributed by atoms with Gasteiger partial charge in [0.1, 0.15) is 0 Å². The molecule has 0 aliphatic heterocycles. The molecule has 2 N–H and O–H groups in total. The minimum absolute atomic E-state index is 0.0620. The van der Waals surface area contributed by atoms with E-state index in [-0.39, 0.29) is 18.4 Å². The van der Waals surface area contributed by atoms with Gasteiger partial charge in [0.15, 0.2) is 0 Å². The summed E-state index contributed by atoms with van der Waals surface area (Å²) in [5.74, 6) is -0.0620. The predicted octanol–water partition coefficient (Wildman–Crippen LogP) is 3.74. The number of nitrogens with zero attached hydrogens (tertiary/aromatic N) is 1. The van der Waals surface area contributed by atoms with Gasteiger partial charge < -0.3 is 10.6 Å². The molecule has 0 saturated carbocycles. The van der Waals surface area contributed by atoms with Crippen molar-refractivity contribution in [2.45, 2.75) is 19.9 Å². The molecule has 2 aromatic carbocycles. The Bertz CT molecular complexity index is 828. The fourth-order valence-electron chi connectivity index (χ4n) is 2.76. The summed E-state index contributed by atoms with van der Waals surface area (Å²) in [4.78, 5) is 26.2. The van der Waals surface area contributed by atoms with E-state index in [1.165, 1.54) is 0 Å². The van der Waals surface area contributed by atoms with Crippen LogP contribution in [0.4, 0.5) is 10.5 Å². The number of urea groups is 1. The summed E-state index contributed by atoms with van der Waals surface area (Å²) in [6.07, 6.45) is 3.58. The van der Waals surface area contributed by atoms with Crippen molar-refractivity contribution in [1.29, 1.82) is 0 Å². The lowest BCUT2D eigenvalue weighted by molar-refractivity contribution is -0.120. The Morgan fingerprint density at radius 3 is 2.29 bits per heavy atom. The number of benzene rings is 2. The number of amides is 3. The maximum atomic E-state index is 12.7. The van der Waals surface area contributed by atoms with E-state index in [1.54, 1.807) is 17.1 Å². The SMILES string of the molecule is C=CCNC(=O)Cc1ccc(N(Cc2cccc(C)c2)C(=O)NCC=C)cc1. The topological polar surface area (TPSA) is 61.4 Å². The summed E-state index contributed by atoms with van der Waals surface area (Å²) < 4.78 is 0. The van der Waals surface area contributed by atoms with Gasteiger partial charge in [0.25, 0.3) is 0 Å². The molecular formula is C23H27N3O2. The zero-order valence-corrected chi connectivity index (χ0v) is 16.3. The molecule has 0 aliphatic rings. The lowest BCUT2D eigenvalue weighted by atomic mass is 10.1. The van der Waals surface area contributed by atoms with Gasteiger partial charge >= 0.3 is 6.03 Å². The van der Waals surface area contributed by atoms with Gasteiger partial charge in [-0.05, 0) is 30.2 Å². The summed E-state index contributed by atoms with van der Waals surface area (Å²) in [7, 11) is 0. The van der Waals surface area contributed by atoms with Crippen molar-refractivity contribution in [3.05, 3.63) is 90.5 Å². The average molecular weight is 377 g/mol. The lowest BCUT2D eigenvalue weighted by Crippen LogP contribution is -2.39. The molecule has 0 aliphatic carbocycles. The summed E-state index contributed by atoms with van der Waals surface area (Å²) in [6, 6.07) is 15.3. The van der Waals surface area contributed by atoms with E-state index in [0.29, 0.717) is 19.6 Å². The van der Waals surface area contributed by atoms with Crippen LogP contribution in [0, 0.1) is 6.92 Å². The van der Waals surface area contributed by atoms with Crippen molar-refractivity contribution < 1.29 is 9.59 Å². The van der Waals surface area contributed by atoms with Crippen LogP contribution in [0.25, 0.3) is 0 Å². The molecule has 146 valence electrons. The molecule has 0 spiro atoms. The predicted molar refractivity (Wildman–Crippen MR) is 114 cm³/mol. The molecule has 3 amide bonds. The number of rotatable bonds is 9. The molecule has 0 aromatic heterocycles. The molecule has 0 radical (unpaired) electrons. The molecule has 2 rings (SSSR count). The Balaban J connectivity index is 2.17. The van der Waals surface area contributed by atoms with E-state index >= 15 is 0 Å². The Morgan fingerprint density at radius 2 is 1.64 bits per heavy atom. The van der Waals surface area contributed by atoms with E-state index in [9.17, 15) is 9.59 Å². The van der Waals surface area contributed by atoms with Crippen LogP contribution in [0.15, 0.2) is 73.8 Å². The molecule has 0 unspecified atom stereocenters. The van der Waals surface area contributed by atoms with Gasteiger partial charge in [-0.15, -0.1) is 13.2 Å². The number of carbonyl (C=O) groups is 2. The van der Waals surface area contributed by atoms with E-state index < -0.39 is 0 Å². The van der Waals surface area contributed by atoms with Crippen LogP contribution in [-0.4, -0.2) is 25.0 Å². The van der Waals surface area contributed by atoms with Gasteiger partial charge in [-0.25, -0.2) is 4.79 Å². The largest absolute Gasteiger partial charge is 0.352 e. The molecular weight excluding hydrogens is 350 g/mol. The molecule has 5 heteroatoms. The van der Waals surface area contributed by atoms with Gasteiger partial charge in [0.05, 0.1) is 13.0 Å². The Hall–Kier alpha value is -3.34. The zero-order valence-electron chi connectivity index (χ0n) is 16.3. The molecule has 0 heterocycles. The highest BCUT2D eigenvalue weighted by Gasteiger charge is 2.16. The molecule has 0 fully saturated rings. The average Bonchev–Trinajstić information content (AvgIpc) is 2.69. The molecule has 28 heavy (non-hydrogen) atoms. The second kappa shape index (κ2) is 10.7. The molecule has 0 bridgehead atoms. The Labute approximate surface area is 166 Å².